The van der Waals surface area contributed by atoms with Gasteiger partial charge in [-0.1, -0.05) is 41.1 Å². The van der Waals surface area contributed by atoms with Crippen LogP contribution in [0.25, 0.3) is 16.7 Å². The third kappa shape index (κ3) is 4.54. The standard InChI is InChI=1S/C23H27BrN4O/c1-2-12-25-23(29)17-10-13-27(14-11-17)16-22-26-20-8-3-4-9-21(20)28(22)19-7-5-6-18(24)15-19/h3-9,15,17H,2,10-14,16H2,1H3,(H,25,29). The van der Waals surface area contributed by atoms with Crippen molar-refractivity contribution >= 4 is 32.9 Å². The second-order valence-electron chi connectivity index (χ2n) is 7.67. The van der Waals surface area contributed by atoms with Crippen molar-refractivity contribution in [3.05, 3.63) is 58.8 Å². The zero-order valence-electron chi connectivity index (χ0n) is 16.8. The lowest BCUT2D eigenvalue weighted by molar-refractivity contribution is -0.126. The molecule has 1 aliphatic rings. The van der Waals surface area contributed by atoms with Crippen LogP contribution in [-0.4, -0.2) is 40.0 Å². The minimum Gasteiger partial charge on any atom is -0.356 e. The van der Waals surface area contributed by atoms with Crippen molar-refractivity contribution in [3.8, 4) is 5.69 Å². The Labute approximate surface area is 180 Å². The van der Waals surface area contributed by atoms with Gasteiger partial charge in [0.1, 0.15) is 5.82 Å². The molecule has 1 amide bonds. The van der Waals surface area contributed by atoms with Crippen molar-refractivity contribution in [1.82, 2.24) is 19.8 Å². The smallest absolute Gasteiger partial charge is 0.223 e. The van der Waals surface area contributed by atoms with Crippen LogP contribution in [0.3, 0.4) is 0 Å². The van der Waals surface area contributed by atoms with E-state index in [4.69, 9.17) is 4.98 Å². The molecule has 0 aliphatic carbocycles. The van der Waals surface area contributed by atoms with Crippen molar-refractivity contribution in [2.24, 2.45) is 5.92 Å². The Hall–Kier alpha value is -2.18. The highest BCUT2D eigenvalue weighted by Crippen LogP contribution is 2.26. The van der Waals surface area contributed by atoms with Gasteiger partial charge in [-0.25, -0.2) is 4.98 Å². The Morgan fingerprint density at radius 3 is 2.72 bits per heavy atom. The number of halogens is 1. The molecule has 0 spiro atoms. The lowest BCUT2D eigenvalue weighted by atomic mass is 9.96. The molecule has 1 N–H and O–H groups in total. The number of likely N-dealkylation sites (tertiary alicyclic amines) is 1. The number of nitrogens with zero attached hydrogens (tertiary/aromatic N) is 3. The minimum absolute atomic E-state index is 0.140. The maximum absolute atomic E-state index is 12.3. The predicted molar refractivity (Wildman–Crippen MR) is 120 cm³/mol. The lowest BCUT2D eigenvalue weighted by Crippen LogP contribution is -2.40. The highest BCUT2D eigenvalue weighted by molar-refractivity contribution is 9.10. The summed E-state index contributed by atoms with van der Waals surface area (Å²) in [7, 11) is 0. The molecule has 2 aromatic carbocycles. The van der Waals surface area contributed by atoms with Gasteiger partial charge in [-0.2, -0.15) is 0 Å². The van der Waals surface area contributed by atoms with E-state index in [2.05, 4.69) is 74.0 Å². The van der Waals surface area contributed by atoms with E-state index in [9.17, 15) is 4.79 Å². The van der Waals surface area contributed by atoms with Crippen molar-refractivity contribution < 1.29 is 4.79 Å². The van der Waals surface area contributed by atoms with Gasteiger partial charge in [0.25, 0.3) is 0 Å². The Kier molecular flexibility index (Phi) is 6.31. The van der Waals surface area contributed by atoms with Crippen molar-refractivity contribution in [3.63, 3.8) is 0 Å². The number of benzene rings is 2. The van der Waals surface area contributed by atoms with Gasteiger partial charge in [0, 0.05) is 22.6 Å². The van der Waals surface area contributed by atoms with E-state index in [1.165, 1.54) is 0 Å². The first-order valence-corrected chi connectivity index (χ1v) is 11.2. The predicted octanol–water partition coefficient (Wildman–Crippen LogP) is 4.53. The summed E-state index contributed by atoms with van der Waals surface area (Å²) in [6, 6.07) is 16.6. The monoisotopic (exact) mass is 454 g/mol. The number of rotatable bonds is 6. The maximum atomic E-state index is 12.3. The summed E-state index contributed by atoms with van der Waals surface area (Å²) >= 11 is 3.59. The van der Waals surface area contributed by atoms with Gasteiger partial charge in [0.15, 0.2) is 0 Å². The number of imidazole rings is 1. The second kappa shape index (κ2) is 9.09. The SMILES string of the molecule is CCCNC(=O)C1CCN(Cc2nc3ccccc3n2-c2cccc(Br)c2)CC1. The average Bonchev–Trinajstić information content (AvgIpc) is 3.10. The Morgan fingerprint density at radius 2 is 1.97 bits per heavy atom. The average molecular weight is 455 g/mol. The third-order valence-corrected chi connectivity index (χ3v) is 6.06. The molecule has 6 heteroatoms. The van der Waals surface area contributed by atoms with Crippen LogP contribution in [0, 0.1) is 5.92 Å². The molecule has 29 heavy (non-hydrogen) atoms. The fourth-order valence-corrected chi connectivity index (χ4v) is 4.42. The molecule has 0 bridgehead atoms. The molecule has 0 radical (unpaired) electrons. The highest BCUT2D eigenvalue weighted by Gasteiger charge is 2.26. The van der Waals surface area contributed by atoms with Crippen LogP contribution >= 0.6 is 15.9 Å². The Morgan fingerprint density at radius 1 is 1.17 bits per heavy atom. The van der Waals surface area contributed by atoms with Gasteiger partial charge < -0.3 is 5.32 Å². The minimum atomic E-state index is 0.140. The lowest BCUT2D eigenvalue weighted by Gasteiger charge is -2.31. The number of hydrogen-bond donors (Lipinski definition) is 1. The van der Waals surface area contributed by atoms with Crippen LogP contribution in [-0.2, 0) is 11.3 Å². The van der Waals surface area contributed by atoms with E-state index in [0.29, 0.717) is 0 Å². The summed E-state index contributed by atoms with van der Waals surface area (Å²) in [6.07, 6.45) is 2.80. The van der Waals surface area contributed by atoms with Gasteiger partial charge in [0.2, 0.25) is 5.91 Å². The first-order valence-electron chi connectivity index (χ1n) is 10.4. The molecule has 0 atom stereocenters. The van der Waals surface area contributed by atoms with Crippen molar-refractivity contribution in [1.29, 1.82) is 0 Å². The summed E-state index contributed by atoms with van der Waals surface area (Å²) in [6.45, 7) is 5.48. The van der Waals surface area contributed by atoms with Crippen LogP contribution in [0.5, 0.6) is 0 Å². The first kappa shape index (κ1) is 20.1. The number of nitrogens with one attached hydrogen (secondary N) is 1. The van der Waals surface area contributed by atoms with E-state index >= 15 is 0 Å². The van der Waals surface area contributed by atoms with Gasteiger partial charge in [-0.15, -0.1) is 0 Å². The van der Waals surface area contributed by atoms with Crippen LogP contribution in [0.1, 0.15) is 32.0 Å². The van der Waals surface area contributed by atoms with Crippen molar-refractivity contribution in [2.75, 3.05) is 19.6 Å². The van der Waals surface area contributed by atoms with Crippen LogP contribution in [0.4, 0.5) is 0 Å². The molecular weight excluding hydrogens is 428 g/mol. The normalized spacial score (nSPS) is 15.7. The fraction of sp³-hybridized carbons (Fsp3) is 0.391. The van der Waals surface area contributed by atoms with Crippen LogP contribution in [0.2, 0.25) is 0 Å². The number of piperidine rings is 1. The number of fused-ring (bicyclic) bond motifs is 1. The number of para-hydroxylation sites is 2. The molecule has 5 nitrogen and oxygen atoms in total. The first-order chi connectivity index (χ1) is 14.2. The summed E-state index contributed by atoms with van der Waals surface area (Å²) in [4.78, 5) is 19.6. The molecule has 1 saturated heterocycles. The van der Waals surface area contributed by atoms with E-state index in [-0.39, 0.29) is 11.8 Å². The maximum Gasteiger partial charge on any atom is 0.223 e. The number of amides is 1. The molecule has 152 valence electrons. The molecule has 1 aliphatic heterocycles. The number of carbonyl (C=O) groups is 1. The molecule has 4 rings (SSSR count). The topological polar surface area (TPSA) is 50.2 Å². The van der Waals surface area contributed by atoms with E-state index in [0.717, 1.165) is 72.5 Å². The van der Waals surface area contributed by atoms with Crippen molar-refractivity contribution in [2.45, 2.75) is 32.7 Å². The quantitative estimate of drug-likeness (QED) is 0.595. The molecular formula is C23H27BrN4O. The van der Waals surface area contributed by atoms with E-state index in [1.807, 2.05) is 12.1 Å². The van der Waals surface area contributed by atoms with Gasteiger partial charge in [0.05, 0.1) is 17.6 Å². The summed E-state index contributed by atoms with van der Waals surface area (Å²) in [5, 5.41) is 3.04. The summed E-state index contributed by atoms with van der Waals surface area (Å²) in [5.74, 6) is 1.40. The van der Waals surface area contributed by atoms with Gasteiger partial charge in [-0.05, 0) is 62.7 Å². The van der Waals surface area contributed by atoms with Crippen LogP contribution < -0.4 is 5.32 Å². The molecule has 0 saturated carbocycles. The zero-order chi connectivity index (χ0) is 20.2. The summed E-state index contributed by atoms with van der Waals surface area (Å²) in [5.41, 5.74) is 3.24. The second-order valence-corrected chi connectivity index (χ2v) is 8.59. The molecule has 1 aromatic heterocycles. The Balaban J connectivity index is 1.53. The summed E-state index contributed by atoms with van der Waals surface area (Å²) < 4.78 is 3.30. The molecule has 2 heterocycles. The molecule has 0 unspecified atom stereocenters. The number of aromatic nitrogens is 2. The highest BCUT2D eigenvalue weighted by atomic mass is 79.9. The zero-order valence-corrected chi connectivity index (χ0v) is 18.4. The number of carbonyl (C=O) groups excluding carboxylic acids is 1. The molecule has 1 fully saturated rings. The fourth-order valence-electron chi connectivity index (χ4n) is 4.03. The van der Waals surface area contributed by atoms with Crippen LogP contribution in [0.15, 0.2) is 53.0 Å². The third-order valence-electron chi connectivity index (χ3n) is 5.57. The van der Waals surface area contributed by atoms with Gasteiger partial charge in [-0.3, -0.25) is 14.3 Å². The largest absolute Gasteiger partial charge is 0.356 e. The molecule has 3 aromatic rings. The van der Waals surface area contributed by atoms with E-state index < -0.39 is 0 Å². The van der Waals surface area contributed by atoms with Gasteiger partial charge >= 0.3 is 0 Å². The Bertz CT molecular complexity index is 991. The number of hydrogen-bond acceptors (Lipinski definition) is 3. The van der Waals surface area contributed by atoms with E-state index in [1.54, 1.807) is 0 Å².